The van der Waals surface area contributed by atoms with Crippen molar-refractivity contribution in [1.29, 1.82) is 0 Å². The average Bonchev–Trinajstić information content (AvgIpc) is 2.29. The predicted octanol–water partition coefficient (Wildman–Crippen LogP) is 1.84. The summed E-state index contributed by atoms with van der Waals surface area (Å²) in [5, 5.41) is 9.53. The maximum atomic E-state index is 9.53. The molecule has 4 nitrogen and oxygen atoms in total. The van der Waals surface area contributed by atoms with Gasteiger partial charge in [0.2, 0.25) is 0 Å². The molecule has 5 heteroatoms. The van der Waals surface area contributed by atoms with Gasteiger partial charge >= 0.3 is 0 Å². The van der Waals surface area contributed by atoms with E-state index in [9.17, 15) is 5.11 Å². The minimum Gasteiger partial charge on any atom is -0.393 e. The van der Waals surface area contributed by atoms with Gasteiger partial charge in [0.15, 0.2) is 0 Å². The van der Waals surface area contributed by atoms with Crippen molar-refractivity contribution < 1.29 is 5.11 Å². The van der Waals surface area contributed by atoms with E-state index in [1.54, 1.807) is 6.33 Å². The molecular formula is C11H16BrN3O. The molecule has 0 aliphatic carbocycles. The third-order valence-electron chi connectivity index (χ3n) is 3.17. The first-order valence-electron chi connectivity index (χ1n) is 5.57. The van der Waals surface area contributed by atoms with Crippen LogP contribution in [0.25, 0.3) is 0 Å². The quantitative estimate of drug-likeness (QED) is 0.843. The predicted molar refractivity (Wildman–Crippen MR) is 66.3 cm³/mol. The Morgan fingerprint density at radius 2 is 2.12 bits per heavy atom. The van der Waals surface area contributed by atoms with Crippen LogP contribution in [0, 0.1) is 5.92 Å². The smallest absolute Gasteiger partial charge is 0.133 e. The first-order valence-corrected chi connectivity index (χ1v) is 6.36. The van der Waals surface area contributed by atoms with Gasteiger partial charge in [-0.2, -0.15) is 0 Å². The van der Waals surface area contributed by atoms with Crippen molar-refractivity contribution in [2.45, 2.75) is 25.9 Å². The highest BCUT2D eigenvalue weighted by Crippen LogP contribution is 2.24. The van der Waals surface area contributed by atoms with Crippen LogP contribution in [0.2, 0.25) is 0 Å². The molecule has 1 aliphatic heterocycles. The standard InChI is InChI=1S/C11H16BrN3O/c1-8(16)9-2-4-15(5-3-9)11-6-10(12)13-7-14-11/h6-9,16H,2-5H2,1H3. The molecule has 2 heterocycles. The molecule has 88 valence electrons. The van der Waals surface area contributed by atoms with Crippen molar-refractivity contribution in [2.75, 3.05) is 18.0 Å². The van der Waals surface area contributed by atoms with Crippen LogP contribution < -0.4 is 4.90 Å². The molecular weight excluding hydrogens is 270 g/mol. The fourth-order valence-corrected chi connectivity index (χ4v) is 2.40. The number of halogens is 1. The molecule has 0 spiro atoms. The molecule has 1 fully saturated rings. The molecule has 0 saturated carbocycles. The summed E-state index contributed by atoms with van der Waals surface area (Å²) in [6.45, 7) is 3.79. The number of hydrogen-bond donors (Lipinski definition) is 1. The van der Waals surface area contributed by atoms with E-state index in [-0.39, 0.29) is 6.10 Å². The van der Waals surface area contributed by atoms with Crippen LogP contribution in [0.3, 0.4) is 0 Å². The van der Waals surface area contributed by atoms with E-state index >= 15 is 0 Å². The van der Waals surface area contributed by atoms with Crippen LogP contribution in [0.5, 0.6) is 0 Å². The fourth-order valence-electron chi connectivity index (χ4n) is 2.11. The molecule has 1 N–H and O–H groups in total. The maximum Gasteiger partial charge on any atom is 0.133 e. The largest absolute Gasteiger partial charge is 0.393 e. The van der Waals surface area contributed by atoms with Crippen LogP contribution in [0.15, 0.2) is 17.0 Å². The third kappa shape index (κ3) is 2.71. The zero-order chi connectivity index (χ0) is 11.5. The molecule has 0 bridgehead atoms. The Balaban J connectivity index is 1.99. The average molecular weight is 286 g/mol. The highest BCUT2D eigenvalue weighted by molar-refractivity contribution is 9.10. The van der Waals surface area contributed by atoms with Crippen molar-refractivity contribution in [3.63, 3.8) is 0 Å². The Morgan fingerprint density at radius 3 is 2.69 bits per heavy atom. The number of hydrogen-bond acceptors (Lipinski definition) is 4. The van der Waals surface area contributed by atoms with Gasteiger partial charge in [0.05, 0.1) is 6.10 Å². The molecule has 1 unspecified atom stereocenters. The van der Waals surface area contributed by atoms with Gasteiger partial charge in [-0.05, 0) is 41.6 Å². The van der Waals surface area contributed by atoms with Gasteiger partial charge in [0.1, 0.15) is 16.7 Å². The second kappa shape index (κ2) is 5.10. The fraction of sp³-hybridized carbons (Fsp3) is 0.636. The van der Waals surface area contributed by atoms with E-state index < -0.39 is 0 Å². The normalized spacial score (nSPS) is 19.8. The lowest BCUT2D eigenvalue weighted by molar-refractivity contribution is 0.110. The highest BCUT2D eigenvalue weighted by Gasteiger charge is 2.23. The van der Waals surface area contributed by atoms with Crippen molar-refractivity contribution in [2.24, 2.45) is 5.92 Å². The van der Waals surface area contributed by atoms with Crippen LogP contribution in [0.1, 0.15) is 19.8 Å². The van der Waals surface area contributed by atoms with E-state index in [2.05, 4.69) is 30.8 Å². The van der Waals surface area contributed by atoms with E-state index in [0.717, 1.165) is 36.4 Å². The van der Waals surface area contributed by atoms with Gasteiger partial charge in [-0.1, -0.05) is 0 Å². The van der Waals surface area contributed by atoms with Gasteiger partial charge < -0.3 is 10.0 Å². The lowest BCUT2D eigenvalue weighted by Gasteiger charge is -2.33. The van der Waals surface area contributed by atoms with Gasteiger partial charge in [-0.15, -0.1) is 0 Å². The third-order valence-corrected chi connectivity index (χ3v) is 3.60. The first-order chi connectivity index (χ1) is 7.66. The molecule has 1 saturated heterocycles. The second-order valence-electron chi connectivity index (χ2n) is 4.26. The zero-order valence-electron chi connectivity index (χ0n) is 9.30. The van der Waals surface area contributed by atoms with Gasteiger partial charge in [0.25, 0.3) is 0 Å². The van der Waals surface area contributed by atoms with E-state index in [4.69, 9.17) is 0 Å². The monoisotopic (exact) mass is 285 g/mol. The zero-order valence-corrected chi connectivity index (χ0v) is 10.9. The summed E-state index contributed by atoms with van der Waals surface area (Å²) in [5.41, 5.74) is 0. The number of nitrogens with zero attached hydrogens (tertiary/aromatic N) is 3. The number of aliphatic hydroxyl groups excluding tert-OH is 1. The van der Waals surface area contributed by atoms with Crippen molar-refractivity contribution in [3.8, 4) is 0 Å². The number of aromatic nitrogens is 2. The summed E-state index contributed by atoms with van der Waals surface area (Å²) in [6.07, 6.45) is 3.43. The first kappa shape index (κ1) is 11.8. The van der Waals surface area contributed by atoms with Crippen molar-refractivity contribution >= 4 is 21.7 Å². The highest BCUT2D eigenvalue weighted by atomic mass is 79.9. The Hall–Kier alpha value is -0.680. The van der Waals surface area contributed by atoms with Crippen molar-refractivity contribution in [1.82, 2.24) is 9.97 Å². The minimum atomic E-state index is -0.195. The number of aliphatic hydroxyl groups is 1. The lowest BCUT2D eigenvalue weighted by Crippen LogP contribution is -2.37. The van der Waals surface area contributed by atoms with Gasteiger partial charge in [-0.3, -0.25) is 0 Å². The van der Waals surface area contributed by atoms with Crippen LogP contribution in [-0.4, -0.2) is 34.3 Å². The molecule has 0 amide bonds. The van der Waals surface area contributed by atoms with Crippen molar-refractivity contribution in [3.05, 3.63) is 17.0 Å². The molecule has 0 radical (unpaired) electrons. The minimum absolute atomic E-state index is 0.195. The Bertz CT molecular complexity index is 351. The molecule has 16 heavy (non-hydrogen) atoms. The number of piperidine rings is 1. The van der Waals surface area contributed by atoms with Gasteiger partial charge in [0, 0.05) is 19.2 Å². The molecule has 1 aliphatic rings. The maximum absolute atomic E-state index is 9.53. The summed E-state index contributed by atoms with van der Waals surface area (Å²) >= 11 is 3.35. The Morgan fingerprint density at radius 1 is 1.44 bits per heavy atom. The van der Waals surface area contributed by atoms with E-state index in [0.29, 0.717) is 5.92 Å². The number of rotatable bonds is 2. The SMILES string of the molecule is CC(O)C1CCN(c2cc(Br)ncn2)CC1. The number of anilines is 1. The summed E-state index contributed by atoms with van der Waals surface area (Å²) in [7, 11) is 0. The topological polar surface area (TPSA) is 49.2 Å². The lowest BCUT2D eigenvalue weighted by atomic mass is 9.92. The Kier molecular flexibility index (Phi) is 3.76. The van der Waals surface area contributed by atoms with Crippen LogP contribution >= 0.6 is 15.9 Å². The van der Waals surface area contributed by atoms with E-state index in [1.165, 1.54) is 0 Å². The summed E-state index contributed by atoms with van der Waals surface area (Å²) in [5.74, 6) is 1.40. The molecule has 1 aromatic rings. The molecule has 2 rings (SSSR count). The Labute approximate surface area is 104 Å². The van der Waals surface area contributed by atoms with Crippen LogP contribution in [0.4, 0.5) is 5.82 Å². The van der Waals surface area contributed by atoms with E-state index in [1.807, 2.05) is 13.0 Å². The summed E-state index contributed by atoms with van der Waals surface area (Å²) in [4.78, 5) is 10.5. The molecule has 1 aromatic heterocycles. The summed E-state index contributed by atoms with van der Waals surface area (Å²) < 4.78 is 0.815. The van der Waals surface area contributed by atoms with Gasteiger partial charge in [-0.25, -0.2) is 9.97 Å². The molecule has 0 aromatic carbocycles. The van der Waals surface area contributed by atoms with Crippen LogP contribution in [-0.2, 0) is 0 Å². The summed E-state index contributed by atoms with van der Waals surface area (Å²) in [6, 6.07) is 1.93. The molecule has 1 atom stereocenters. The second-order valence-corrected chi connectivity index (χ2v) is 5.08.